The fourth-order valence-corrected chi connectivity index (χ4v) is 2.22. The first-order valence-corrected chi connectivity index (χ1v) is 5.94. The zero-order valence-electron chi connectivity index (χ0n) is 7.42. The van der Waals surface area contributed by atoms with Crippen LogP contribution in [0.4, 0.5) is 0 Å². The fourth-order valence-electron chi connectivity index (χ4n) is 1.40. The molecule has 0 bridgehead atoms. The molecule has 4 heteroatoms. The maximum absolute atomic E-state index is 11.3. The van der Waals surface area contributed by atoms with E-state index in [2.05, 4.69) is 38.5 Å². The van der Waals surface area contributed by atoms with Gasteiger partial charge in [-0.2, -0.15) is 0 Å². The second kappa shape index (κ2) is 3.66. The Bertz CT molecular complexity index is 518. The SMILES string of the molecule is CC(=O)n1ccc2cc(Br)c(I)cc21. The van der Waals surface area contributed by atoms with Crippen molar-refractivity contribution in [2.75, 3.05) is 0 Å². The lowest BCUT2D eigenvalue weighted by Crippen LogP contribution is -2.02. The first-order chi connectivity index (χ1) is 6.59. The van der Waals surface area contributed by atoms with Gasteiger partial charge >= 0.3 is 0 Å². The molecule has 0 saturated heterocycles. The highest BCUT2D eigenvalue weighted by molar-refractivity contribution is 14.1. The van der Waals surface area contributed by atoms with E-state index in [4.69, 9.17) is 0 Å². The van der Waals surface area contributed by atoms with Gasteiger partial charge in [0.15, 0.2) is 0 Å². The molecule has 0 aliphatic carbocycles. The van der Waals surface area contributed by atoms with Gasteiger partial charge in [0.25, 0.3) is 0 Å². The van der Waals surface area contributed by atoms with Crippen LogP contribution in [0.2, 0.25) is 0 Å². The Morgan fingerprint density at radius 1 is 1.50 bits per heavy atom. The van der Waals surface area contributed by atoms with Crippen molar-refractivity contribution in [3.05, 3.63) is 32.4 Å². The standard InChI is InChI=1S/C10H7BrINO/c1-6(14)13-3-2-7-4-8(11)9(12)5-10(7)13/h2-5H,1H3. The zero-order chi connectivity index (χ0) is 10.3. The van der Waals surface area contributed by atoms with Crippen LogP contribution in [0.1, 0.15) is 11.7 Å². The number of benzene rings is 1. The van der Waals surface area contributed by atoms with Crippen molar-refractivity contribution in [1.82, 2.24) is 4.57 Å². The third kappa shape index (κ3) is 1.61. The molecule has 0 spiro atoms. The van der Waals surface area contributed by atoms with Crippen molar-refractivity contribution in [3.63, 3.8) is 0 Å². The van der Waals surface area contributed by atoms with E-state index in [1.807, 2.05) is 18.2 Å². The highest BCUT2D eigenvalue weighted by Crippen LogP contribution is 2.26. The van der Waals surface area contributed by atoms with E-state index in [-0.39, 0.29) is 5.91 Å². The number of carbonyl (C=O) groups excluding carboxylic acids is 1. The molecule has 0 radical (unpaired) electrons. The van der Waals surface area contributed by atoms with E-state index >= 15 is 0 Å². The molecule has 0 unspecified atom stereocenters. The van der Waals surface area contributed by atoms with E-state index in [0.717, 1.165) is 18.9 Å². The highest BCUT2D eigenvalue weighted by atomic mass is 127. The van der Waals surface area contributed by atoms with Gasteiger partial charge in [-0.05, 0) is 56.7 Å². The lowest BCUT2D eigenvalue weighted by Gasteiger charge is -2.01. The molecule has 0 aliphatic heterocycles. The van der Waals surface area contributed by atoms with Crippen LogP contribution >= 0.6 is 38.5 Å². The summed E-state index contributed by atoms with van der Waals surface area (Å²) in [6, 6.07) is 5.97. The Labute approximate surface area is 104 Å². The molecule has 2 nitrogen and oxygen atoms in total. The summed E-state index contributed by atoms with van der Waals surface area (Å²) in [5.41, 5.74) is 0.963. The number of rotatable bonds is 0. The number of nitrogens with zero attached hydrogens (tertiary/aromatic N) is 1. The smallest absolute Gasteiger partial charge is 0.227 e. The molecule has 0 N–H and O–H groups in total. The Kier molecular flexibility index (Phi) is 2.66. The molecule has 0 saturated carbocycles. The minimum Gasteiger partial charge on any atom is -0.287 e. The van der Waals surface area contributed by atoms with E-state index in [1.165, 1.54) is 0 Å². The molecule has 2 aromatic rings. The third-order valence-electron chi connectivity index (χ3n) is 2.07. The van der Waals surface area contributed by atoms with Gasteiger partial charge in [-0.15, -0.1) is 0 Å². The molecular formula is C10H7BrINO. The summed E-state index contributed by atoms with van der Waals surface area (Å²) in [7, 11) is 0. The maximum Gasteiger partial charge on any atom is 0.227 e. The van der Waals surface area contributed by atoms with Crippen LogP contribution in [0.5, 0.6) is 0 Å². The summed E-state index contributed by atoms with van der Waals surface area (Å²) < 4.78 is 3.83. The number of aromatic nitrogens is 1. The van der Waals surface area contributed by atoms with Crippen LogP contribution in [0.15, 0.2) is 28.9 Å². The van der Waals surface area contributed by atoms with Crippen molar-refractivity contribution in [1.29, 1.82) is 0 Å². The monoisotopic (exact) mass is 363 g/mol. The molecular weight excluding hydrogens is 357 g/mol. The maximum atomic E-state index is 11.3. The average Bonchev–Trinajstić information content (AvgIpc) is 2.48. The number of carbonyl (C=O) groups is 1. The minimum atomic E-state index is 0.0399. The number of fused-ring (bicyclic) bond motifs is 1. The van der Waals surface area contributed by atoms with Crippen molar-refractivity contribution in [2.24, 2.45) is 0 Å². The molecule has 1 heterocycles. The Morgan fingerprint density at radius 3 is 2.86 bits per heavy atom. The van der Waals surface area contributed by atoms with Gasteiger partial charge in [0.05, 0.1) is 5.52 Å². The van der Waals surface area contributed by atoms with Crippen LogP contribution in [0.3, 0.4) is 0 Å². The van der Waals surface area contributed by atoms with Gasteiger partial charge in [0.1, 0.15) is 0 Å². The summed E-state index contributed by atoms with van der Waals surface area (Å²) in [5.74, 6) is 0.0399. The van der Waals surface area contributed by atoms with Crippen LogP contribution in [0.25, 0.3) is 10.9 Å². The predicted octanol–water partition coefficient (Wildman–Crippen LogP) is 3.67. The summed E-state index contributed by atoms with van der Waals surface area (Å²) in [6.07, 6.45) is 1.80. The van der Waals surface area contributed by atoms with Crippen molar-refractivity contribution >= 4 is 55.3 Å². The molecule has 1 aromatic heterocycles. The first-order valence-electron chi connectivity index (χ1n) is 4.06. The van der Waals surface area contributed by atoms with Gasteiger partial charge in [-0.25, -0.2) is 0 Å². The van der Waals surface area contributed by atoms with E-state index in [1.54, 1.807) is 17.7 Å². The minimum absolute atomic E-state index is 0.0399. The Balaban J connectivity index is 2.80. The summed E-state index contributed by atoms with van der Waals surface area (Å²) in [4.78, 5) is 11.3. The Hall–Kier alpha value is -0.360. The van der Waals surface area contributed by atoms with Crippen LogP contribution in [0, 0.1) is 3.57 Å². The van der Waals surface area contributed by atoms with Crippen LogP contribution < -0.4 is 0 Å². The summed E-state index contributed by atoms with van der Waals surface area (Å²) in [6.45, 7) is 1.56. The van der Waals surface area contributed by atoms with E-state index in [9.17, 15) is 4.79 Å². The number of hydrogen-bond acceptors (Lipinski definition) is 1. The normalized spacial score (nSPS) is 10.8. The van der Waals surface area contributed by atoms with Crippen molar-refractivity contribution < 1.29 is 4.79 Å². The predicted molar refractivity (Wildman–Crippen MR) is 68.7 cm³/mol. The topological polar surface area (TPSA) is 22.0 Å². The Morgan fingerprint density at radius 2 is 2.21 bits per heavy atom. The van der Waals surface area contributed by atoms with Gasteiger partial charge in [-0.1, -0.05) is 0 Å². The van der Waals surface area contributed by atoms with Crippen molar-refractivity contribution in [3.8, 4) is 0 Å². The molecule has 14 heavy (non-hydrogen) atoms. The molecule has 1 aromatic carbocycles. The van der Waals surface area contributed by atoms with Crippen molar-refractivity contribution in [2.45, 2.75) is 6.92 Å². The first kappa shape index (κ1) is 10.2. The number of halogens is 2. The largest absolute Gasteiger partial charge is 0.287 e. The zero-order valence-corrected chi connectivity index (χ0v) is 11.2. The summed E-state index contributed by atoms with van der Waals surface area (Å²) >= 11 is 5.70. The quantitative estimate of drug-likeness (QED) is 0.654. The average molecular weight is 364 g/mol. The molecule has 0 aliphatic rings. The lowest BCUT2D eigenvalue weighted by atomic mass is 10.2. The van der Waals surface area contributed by atoms with Gasteiger partial charge < -0.3 is 0 Å². The fraction of sp³-hybridized carbons (Fsp3) is 0.100. The highest BCUT2D eigenvalue weighted by Gasteiger charge is 2.06. The molecule has 2 rings (SSSR count). The third-order valence-corrected chi connectivity index (χ3v) is 4.36. The second-order valence-electron chi connectivity index (χ2n) is 3.03. The van der Waals surface area contributed by atoms with Crippen LogP contribution in [-0.2, 0) is 0 Å². The van der Waals surface area contributed by atoms with Crippen LogP contribution in [-0.4, -0.2) is 10.5 Å². The molecule has 0 atom stereocenters. The molecule has 0 fully saturated rings. The molecule has 72 valence electrons. The number of hydrogen-bond donors (Lipinski definition) is 0. The summed E-state index contributed by atoms with van der Waals surface area (Å²) in [5, 5.41) is 1.08. The molecule has 0 amide bonds. The van der Waals surface area contributed by atoms with E-state index in [0.29, 0.717) is 0 Å². The second-order valence-corrected chi connectivity index (χ2v) is 5.05. The van der Waals surface area contributed by atoms with E-state index < -0.39 is 0 Å². The van der Waals surface area contributed by atoms with Gasteiger partial charge in [-0.3, -0.25) is 9.36 Å². The lowest BCUT2D eigenvalue weighted by molar-refractivity contribution is 0.0941. The van der Waals surface area contributed by atoms with Gasteiger partial charge in [0, 0.05) is 26.5 Å². The van der Waals surface area contributed by atoms with Gasteiger partial charge in [0.2, 0.25) is 5.91 Å².